The average molecular weight is 495 g/mol. The predicted octanol–water partition coefficient (Wildman–Crippen LogP) is 9.70. The summed E-state index contributed by atoms with van der Waals surface area (Å²) in [5.41, 5.74) is 2.06. The molecule has 0 fully saturated rings. The van der Waals surface area contributed by atoms with Crippen LogP contribution >= 0.6 is 22.7 Å². The van der Waals surface area contributed by atoms with Gasteiger partial charge in [0, 0.05) is 32.6 Å². The second-order valence-corrected chi connectivity index (χ2v) is 11.2. The van der Waals surface area contributed by atoms with Crippen molar-refractivity contribution in [3.05, 3.63) is 109 Å². The molecule has 8 rings (SSSR count). The Bertz CT molecular complexity index is 1940. The Morgan fingerprint density at radius 3 is 1.17 bits per heavy atom. The molecule has 4 aromatic carbocycles. The first kappa shape index (κ1) is 20.1. The monoisotopic (exact) mass is 494 g/mol. The van der Waals surface area contributed by atoms with E-state index in [4.69, 9.17) is 0 Å². The van der Waals surface area contributed by atoms with Gasteiger partial charge in [0.1, 0.15) is 0 Å². The lowest BCUT2D eigenvalue weighted by Gasteiger charge is -2.09. The van der Waals surface area contributed by atoms with Gasteiger partial charge in [0.05, 0.1) is 21.1 Å². The van der Waals surface area contributed by atoms with Crippen LogP contribution in [-0.4, -0.2) is 9.97 Å². The lowest BCUT2D eigenvalue weighted by atomic mass is 9.95. The van der Waals surface area contributed by atoms with Crippen LogP contribution in [0.15, 0.2) is 109 Å². The molecule has 0 saturated carbocycles. The van der Waals surface area contributed by atoms with Crippen LogP contribution in [-0.2, 0) is 0 Å². The minimum atomic E-state index is 1.03. The molecule has 0 radical (unpaired) electrons. The second kappa shape index (κ2) is 7.69. The van der Waals surface area contributed by atoms with E-state index in [2.05, 4.69) is 82.8 Å². The number of aromatic nitrogens is 2. The summed E-state index contributed by atoms with van der Waals surface area (Å²) in [5, 5.41) is 10.4. The predicted molar refractivity (Wildman–Crippen MR) is 156 cm³/mol. The Balaban J connectivity index is 1.36. The second-order valence-electron chi connectivity index (χ2n) is 9.02. The Hall–Kier alpha value is -4.12. The van der Waals surface area contributed by atoms with Gasteiger partial charge in [-0.15, -0.1) is 22.7 Å². The van der Waals surface area contributed by atoms with Crippen molar-refractivity contribution < 1.29 is 0 Å². The number of thiophene rings is 2. The summed E-state index contributed by atoms with van der Waals surface area (Å²) in [7, 11) is 0. The Labute approximate surface area is 215 Å². The van der Waals surface area contributed by atoms with Crippen LogP contribution in [0, 0.1) is 0 Å². The van der Waals surface area contributed by atoms with Crippen LogP contribution in [0.4, 0.5) is 0 Å². The normalized spacial score (nSPS) is 11.9. The summed E-state index contributed by atoms with van der Waals surface area (Å²) in [5.74, 6) is 0. The van der Waals surface area contributed by atoms with E-state index in [1.807, 2.05) is 59.3 Å². The van der Waals surface area contributed by atoms with E-state index in [-0.39, 0.29) is 0 Å². The Morgan fingerprint density at radius 1 is 0.389 bits per heavy atom. The van der Waals surface area contributed by atoms with E-state index in [1.54, 1.807) is 0 Å². The van der Waals surface area contributed by atoms with Crippen LogP contribution in [0.2, 0.25) is 0 Å². The fourth-order valence-corrected chi connectivity index (χ4v) is 7.46. The van der Waals surface area contributed by atoms with E-state index >= 15 is 0 Å². The Morgan fingerprint density at radius 2 is 0.778 bits per heavy atom. The summed E-state index contributed by atoms with van der Waals surface area (Å²) in [6.07, 6.45) is 3.72. The molecule has 0 atom stereocenters. The number of hydrogen-bond donors (Lipinski definition) is 0. The van der Waals surface area contributed by atoms with Crippen molar-refractivity contribution in [1.82, 2.24) is 9.97 Å². The van der Waals surface area contributed by atoms with Gasteiger partial charge in [-0.3, -0.25) is 9.97 Å². The SMILES string of the molecule is c1ccc(-c2cc3c(ccc4c3ccc3c5ccc6sc(-c7ccccn7)cc6c5ccc43)s2)nc1. The Kier molecular flexibility index (Phi) is 4.30. The number of pyridine rings is 2. The van der Waals surface area contributed by atoms with Gasteiger partial charge in [0.15, 0.2) is 0 Å². The van der Waals surface area contributed by atoms with Gasteiger partial charge >= 0.3 is 0 Å². The molecule has 0 spiro atoms. The highest BCUT2D eigenvalue weighted by Crippen LogP contribution is 2.42. The lowest BCUT2D eigenvalue weighted by Crippen LogP contribution is -1.82. The minimum Gasteiger partial charge on any atom is -0.255 e. The molecule has 0 bridgehead atoms. The minimum absolute atomic E-state index is 1.03. The fourth-order valence-electron chi connectivity index (χ4n) is 5.35. The largest absolute Gasteiger partial charge is 0.255 e. The highest BCUT2D eigenvalue weighted by Gasteiger charge is 2.13. The molecule has 0 amide bonds. The molecule has 4 aromatic heterocycles. The quantitative estimate of drug-likeness (QED) is 0.224. The smallest absolute Gasteiger partial charge is 0.0802 e. The molecule has 0 aliphatic rings. The zero-order chi connectivity index (χ0) is 23.6. The van der Waals surface area contributed by atoms with E-state index in [0.29, 0.717) is 0 Å². The molecule has 0 unspecified atom stereocenters. The zero-order valence-corrected chi connectivity index (χ0v) is 20.7. The summed E-state index contributed by atoms with van der Waals surface area (Å²) in [6.45, 7) is 0. The molecule has 2 nitrogen and oxygen atoms in total. The van der Waals surface area contributed by atoms with E-state index < -0.39 is 0 Å². The first-order valence-corrected chi connectivity index (χ1v) is 13.5. The number of rotatable bonds is 2. The molecule has 0 N–H and O–H groups in total. The van der Waals surface area contributed by atoms with Crippen LogP contribution in [0.25, 0.3) is 73.6 Å². The summed E-state index contributed by atoms with van der Waals surface area (Å²) in [4.78, 5) is 11.5. The van der Waals surface area contributed by atoms with Crippen LogP contribution in [0.5, 0.6) is 0 Å². The highest BCUT2D eigenvalue weighted by molar-refractivity contribution is 7.22. The molecule has 4 heterocycles. The topological polar surface area (TPSA) is 25.8 Å². The third-order valence-corrected chi connectivity index (χ3v) is 9.27. The van der Waals surface area contributed by atoms with Crippen molar-refractivity contribution in [3.63, 3.8) is 0 Å². The van der Waals surface area contributed by atoms with Gasteiger partial charge in [-0.05, 0) is 80.8 Å². The molecule has 0 aliphatic carbocycles. The van der Waals surface area contributed by atoms with Crippen molar-refractivity contribution >= 4 is 75.2 Å². The van der Waals surface area contributed by atoms with Crippen LogP contribution < -0.4 is 0 Å². The number of fused-ring (bicyclic) bond motifs is 9. The molecule has 4 heteroatoms. The van der Waals surface area contributed by atoms with Gasteiger partial charge in [-0.1, -0.05) is 48.5 Å². The van der Waals surface area contributed by atoms with E-state index in [9.17, 15) is 0 Å². The number of nitrogens with zero attached hydrogens (tertiary/aromatic N) is 2. The maximum absolute atomic E-state index is 4.56. The van der Waals surface area contributed by atoms with Crippen molar-refractivity contribution in [2.24, 2.45) is 0 Å². The van der Waals surface area contributed by atoms with E-state index in [0.717, 1.165) is 11.4 Å². The third kappa shape index (κ3) is 2.95. The van der Waals surface area contributed by atoms with Crippen molar-refractivity contribution in [2.75, 3.05) is 0 Å². The van der Waals surface area contributed by atoms with Crippen molar-refractivity contribution in [3.8, 4) is 21.1 Å². The molecule has 168 valence electrons. The van der Waals surface area contributed by atoms with Gasteiger partial charge in [0.2, 0.25) is 0 Å². The van der Waals surface area contributed by atoms with Crippen molar-refractivity contribution in [1.29, 1.82) is 0 Å². The summed E-state index contributed by atoms with van der Waals surface area (Å²) in [6, 6.07) is 35.1. The molecular formula is C32H18N2S2. The van der Waals surface area contributed by atoms with Crippen molar-refractivity contribution in [2.45, 2.75) is 0 Å². The molecule has 0 saturated heterocycles. The highest BCUT2D eigenvalue weighted by atomic mass is 32.1. The maximum atomic E-state index is 4.56. The fraction of sp³-hybridized carbons (Fsp3) is 0. The average Bonchev–Trinajstić information content (AvgIpc) is 3.58. The van der Waals surface area contributed by atoms with E-state index in [1.165, 1.54) is 62.2 Å². The van der Waals surface area contributed by atoms with Gasteiger partial charge < -0.3 is 0 Å². The molecule has 0 aliphatic heterocycles. The zero-order valence-electron chi connectivity index (χ0n) is 19.1. The first-order valence-electron chi connectivity index (χ1n) is 11.9. The molecule has 8 aromatic rings. The van der Waals surface area contributed by atoms with Gasteiger partial charge in [-0.25, -0.2) is 0 Å². The summed E-state index contributed by atoms with van der Waals surface area (Å²) >= 11 is 3.62. The standard InChI is InChI=1S/C32H18N2S2/c1-3-15-33-27(5-1)31-17-25-23-9-7-20-19(21(23)11-13-29(25)35-31)8-10-24-22(20)12-14-30-26(24)18-32(36-30)28-6-2-4-16-34-28/h1-18H. The molecular weight excluding hydrogens is 477 g/mol. The first-order chi connectivity index (χ1) is 17.8. The summed E-state index contributed by atoms with van der Waals surface area (Å²) < 4.78 is 2.59. The third-order valence-electron chi connectivity index (χ3n) is 7.02. The van der Waals surface area contributed by atoms with Crippen LogP contribution in [0.3, 0.4) is 0 Å². The molecule has 36 heavy (non-hydrogen) atoms. The van der Waals surface area contributed by atoms with Crippen LogP contribution in [0.1, 0.15) is 0 Å². The van der Waals surface area contributed by atoms with Gasteiger partial charge in [-0.2, -0.15) is 0 Å². The maximum Gasteiger partial charge on any atom is 0.0802 e. The van der Waals surface area contributed by atoms with Gasteiger partial charge in [0.25, 0.3) is 0 Å². The number of benzene rings is 4. The number of hydrogen-bond acceptors (Lipinski definition) is 4. The lowest BCUT2D eigenvalue weighted by molar-refractivity contribution is 1.34.